The predicted octanol–water partition coefficient (Wildman–Crippen LogP) is 1.66. The molecule has 1 heterocycles. The molecule has 1 aliphatic heterocycles. The predicted molar refractivity (Wildman–Crippen MR) is 69.3 cm³/mol. The standard InChI is InChI=1S/C13H26N2O2/c1-4-6-13(5-2,11-12(16)17)15-9-7-14(3)8-10-15/h4-11H2,1-3H3,(H,16,17). The highest BCUT2D eigenvalue weighted by Crippen LogP contribution is 2.30. The molecule has 0 aromatic heterocycles. The summed E-state index contributed by atoms with van der Waals surface area (Å²) in [7, 11) is 2.13. The molecule has 0 aromatic carbocycles. The van der Waals surface area contributed by atoms with Crippen LogP contribution >= 0.6 is 0 Å². The highest BCUT2D eigenvalue weighted by molar-refractivity contribution is 5.68. The van der Waals surface area contributed by atoms with Crippen LogP contribution in [0.3, 0.4) is 0 Å². The van der Waals surface area contributed by atoms with Crippen molar-refractivity contribution >= 4 is 5.97 Å². The molecule has 1 rings (SSSR count). The summed E-state index contributed by atoms with van der Waals surface area (Å²) in [4.78, 5) is 15.8. The molecule has 4 heteroatoms. The number of piperazine rings is 1. The van der Waals surface area contributed by atoms with E-state index in [1.807, 2.05) is 0 Å². The van der Waals surface area contributed by atoms with E-state index in [-0.39, 0.29) is 12.0 Å². The molecule has 0 spiro atoms. The number of rotatable bonds is 6. The van der Waals surface area contributed by atoms with E-state index in [9.17, 15) is 4.79 Å². The Morgan fingerprint density at radius 3 is 2.24 bits per heavy atom. The second-order valence-electron chi connectivity index (χ2n) is 5.19. The summed E-state index contributed by atoms with van der Waals surface area (Å²) in [6.07, 6.45) is 3.24. The number of carbonyl (C=O) groups is 1. The Kier molecular flexibility index (Phi) is 5.40. The molecule has 100 valence electrons. The molecule has 0 aromatic rings. The maximum absolute atomic E-state index is 11.1. The highest BCUT2D eigenvalue weighted by Gasteiger charge is 2.37. The van der Waals surface area contributed by atoms with Gasteiger partial charge >= 0.3 is 5.97 Å². The van der Waals surface area contributed by atoms with Gasteiger partial charge in [-0.15, -0.1) is 0 Å². The van der Waals surface area contributed by atoms with Gasteiger partial charge in [-0.1, -0.05) is 20.3 Å². The number of likely N-dealkylation sites (N-methyl/N-ethyl adjacent to an activating group) is 1. The molecule has 0 saturated carbocycles. The molecule has 1 unspecified atom stereocenters. The Morgan fingerprint density at radius 1 is 1.24 bits per heavy atom. The minimum atomic E-state index is -0.667. The zero-order valence-corrected chi connectivity index (χ0v) is 11.4. The molecule has 4 nitrogen and oxygen atoms in total. The second kappa shape index (κ2) is 6.36. The Bertz CT molecular complexity index is 250. The zero-order valence-electron chi connectivity index (χ0n) is 11.4. The van der Waals surface area contributed by atoms with Crippen molar-refractivity contribution in [2.45, 2.75) is 45.1 Å². The van der Waals surface area contributed by atoms with E-state index in [0.717, 1.165) is 45.4 Å². The van der Waals surface area contributed by atoms with Gasteiger partial charge in [0.15, 0.2) is 0 Å². The Balaban J connectivity index is 2.76. The molecule has 1 atom stereocenters. The highest BCUT2D eigenvalue weighted by atomic mass is 16.4. The van der Waals surface area contributed by atoms with Gasteiger partial charge in [0, 0.05) is 31.7 Å². The fraction of sp³-hybridized carbons (Fsp3) is 0.923. The summed E-state index contributed by atoms with van der Waals surface area (Å²) in [6.45, 7) is 8.35. The largest absolute Gasteiger partial charge is 0.481 e. The lowest BCUT2D eigenvalue weighted by molar-refractivity contribution is -0.141. The Hall–Kier alpha value is -0.610. The SMILES string of the molecule is CCCC(CC)(CC(=O)O)N1CCN(C)CC1. The number of hydrogen-bond donors (Lipinski definition) is 1. The molecular weight excluding hydrogens is 216 g/mol. The van der Waals surface area contributed by atoms with E-state index < -0.39 is 5.97 Å². The van der Waals surface area contributed by atoms with E-state index in [4.69, 9.17) is 5.11 Å². The first-order valence-electron chi connectivity index (χ1n) is 6.69. The van der Waals surface area contributed by atoms with E-state index in [1.54, 1.807) is 0 Å². The normalized spacial score (nSPS) is 22.3. The van der Waals surface area contributed by atoms with Crippen molar-refractivity contribution in [1.29, 1.82) is 0 Å². The molecule has 0 amide bonds. The minimum absolute atomic E-state index is 0.123. The summed E-state index contributed by atoms with van der Waals surface area (Å²) in [5.74, 6) is -0.667. The molecule has 17 heavy (non-hydrogen) atoms. The van der Waals surface area contributed by atoms with Crippen LogP contribution in [-0.2, 0) is 4.79 Å². The van der Waals surface area contributed by atoms with Crippen LogP contribution in [0.25, 0.3) is 0 Å². The smallest absolute Gasteiger partial charge is 0.305 e. The van der Waals surface area contributed by atoms with Crippen LogP contribution in [-0.4, -0.2) is 59.6 Å². The van der Waals surface area contributed by atoms with Gasteiger partial charge in [0.2, 0.25) is 0 Å². The maximum Gasteiger partial charge on any atom is 0.305 e. The van der Waals surface area contributed by atoms with E-state index in [0.29, 0.717) is 0 Å². The first-order chi connectivity index (χ1) is 8.04. The van der Waals surface area contributed by atoms with Gasteiger partial charge < -0.3 is 10.0 Å². The van der Waals surface area contributed by atoms with Gasteiger partial charge in [0.25, 0.3) is 0 Å². The lowest BCUT2D eigenvalue weighted by Gasteiger charge is -2.46. The fourth-order valence-electron chi connectivity index (χ4n) is 2.91. The van der Waals surface area contributed by atoms with Crippen molar-refractivity contribution in [3.8, 4) is 0 Å². The van der Waals surface area contributed by atoms with Crippen LogP contribution in [0.1, 0.15) is 39.5 Å². The van der Waals surface area contributed by atoms with Crippen molar-refractivity contribution in [3.63, 3.8) is 0 Å². The van der Waals surface area contributed by atoms with Crippen LogP contribution in [0.15, 0.2) is 0 Å². The first-order valence-corrected chi connectivity index (χ1v) is 6.69. The molecule has 1 saturated heterocycles. The van der Waals surface area contributed by atoms with Crippen LogP contribution in [0.2, 0.25) is 0 Å². The van der Waals surface area contributed by atoms with E-state index in [2.05, 4.69) is 30.7 Å². The van der Waals surface area contributed by atoms with Crippen LogP contribution in [0.5, 0.6) is 0 Å². The summed E-state index contributed by atoms with van der Waals surface area (Å²) in [5.41, 5.74) is -0.123. The average molecular weight is 242 g/mol. The summed E-state index contributed by atoms with van der Waals surface area (Å²) in [5, 5.41) is 9.15. The Labute approximate surface area is 105 Å². The van der Waals surface area contributed by atoms with Crippen molar-refractivity contribution < 1.29 is 9.90 Å². The first kappa shape index (κ1) is 14.5. The zero-order chi connectivity index (χ0) is 12.9. The van der Waals surface area contributed by atoms with Crippen molar-refractivity contribution in [1.82, 2.24) is 9.80 Å². The minimum Gasteiger partial charge on any atom is -0.481 e. The number of hydrogen-bond acceptors (Lipinski definition) is 3. The van der Waals surface area contributed by atoms with Crippen LogP contribution in [0.4, 0.5) is 0 Å². The summed E-state index contributed by atoms with van der Waals surface area (Å²) < 4.78 is 0. The lowest BCUT2D eigenvalue weighted by Crippen LogP contribution is -2.57. The second-order valence-corrected chi connectivity index (χ2v) is 5.19. The van der Waals surface area contributed by atoms with E-state index in [1.165, 1.54) is 0 Å². The van der Waals surface area contributed by atoms with E-state index >= 15 is 0 Å². The third kappa shape index (κ3) is 3.68. The van der Waals surface area contributed by atoms with Crippen LogP contribution in [0, 0.1) is 0 Å². The van der Waals surface area contributed by atoms with Gasteiger partial charge in [-0.3, -0.25) is 9.69 Å². The van der Waals surface area contributed by atoms with Crippen molar-refractivity contribution in [2.75, 3.05) is 33.2 Å². The third-order valence-corrected chi connectivity index (χ3v) is 4.03. The van der Waals surface area contributed by atoms with Crippen molar-refractivity contribution in [3.05, 3.63) is 0 Å². The Morgan fingerprint density at radius 2 is 1.82 bits per heavy atom. The van der Waals surface area contributed by atoms with Gasteiger partial charge in [-0.25, -0.2) is 0 Å². The molecular formula is C13H26N2O2. The van der Waals surface area contributed by atoms with Gasteiger partial charge in [0.1, 0.15) is 0 Å². The summed E-state index contributed by atoms with van der Waals surface area (Å²) in [6, 6.07) is 0. The van der Waals surface area contributed by atoms with Crippen LogP contribution < -0.4 is 0 Å². The quantitative estimate of drug-likeness (QED) is 0.769. The molecule has 0 radical (unpaired) electrons. The maximum atomic E-state index is 11.1. The third-order valence-electron chi connectivity index (χ3n) is 4.03. The van der Waals surface area contributed by atoms with Gasteiger partial charge in [0.05, 0.1) is 6.42 Å². The van der Waals surface area contributed by atoms with Gasteiger partial charge in [-0.05, 0) is 19.9 Å². The lowest BCUT2D eigenvalue weighted by atomic mass is 9.84. The molecule has 1 aliphatic rings. The molecule has 0 aliphatic carbocycles. The molecule has 1 N–H and O–H groups in total. The monoisotopic (exact) mass is 242 g/mol. The number of aliphatic carboxylic acids is 1. The molecule has 0 bridgehead atoms. The van der Waals surface area contributed by atoms with Gasteiger partial charge in [-0.2, -0.15) is 0 Å². The fourth-order valence-corrected chi connectivity index (χ4v) is 2.91. The number of carboxylic acids is 1. The van der Waals surface area contributed by atoms with Crippen molar-refractivity contribution in [2.24, 2.45) is 0 Å². The topological polar surface area (TPSA) is 43.8 Å². The average Bonchev–Trinajstić information content (AvgIpc) is 2.28. The summed E-state index contributed by atoms with van der Waals surface area (Å²) >= 11 is 0. The number of nitrogens with zero attached hydrogens (tertiary/aromatic N) is 2. The number of carboxylic acid groups (broad SMARTS) is 1. The molecule has 1 fully saturated rings.